The molecule has 36 heavy (non-hydrogen) atoms. The number of nitrogens with zero attached hydrogens (tertiary/aromatic N) is 1. The highest BCUT2D eigenvalue weighted by atomic mass is 28.3. The third-order valence-electron chi connectivity index (χ3n) is 10.3. The number of pyridine rings is 1. The molecule has 6 rings (SSSR count). The van der Waals surface area contributed by atoms with Crippen LogP contribution in [0.4, 0.5) is 0 Å². The molecule has 0 amide bonds. The van der Waals surface area contributed by atoms with Gasteiger partial charge in [-0.15, -0.1) is 0 Å². The van der Waals surface area contributed by atoms with Gasteiger partial charge in [0.15, 0.2) is 6.20 Å². The molecule has 2 saturated carbocycles. The van der Waals surface area contributed by atoms with E-state index in [1.165, 1.54) is 104 Å². The van der Waals surface area contributed by atoms with Gasteiger partial charge in [0, 0.05) is 14.1 Å². The molecule has 3 aromatic rings. The van der Waals surface area contributed by atoms with E-state index in [1.54, 1.807) is 16.7 Å². The Morgan fingerprint density at radius 2 is 1.36 bits per heavy atom. The van der Waals surface area contributed by atoms with Gasteiger partial charge in [0.05, 0.1) is 10.9 Å². The Morgan fingerprint density at radius 3 is 2.06 bits per heavy atom. The van der Waals surface area contributed by atoms with Crippen molar-refractivity contribution in [2.45, 2.75) is 114 Å². The molecule has 0 N–H and O–H groups in total. The Labute approximate surface area is 220 Å². The van der Waals surface area contributed by atoms with Crippen LogP contribution in [0.5, 0.6) is 0 Å². The molecule has 2 heterocycles. The third kappa shape index (κ3) is 4.60. The van der Waals surface area contributed by atoms with Crippen molar-refractivity contribution in [2.24, 2.45) is 7.05 Å². The van der Waals surface area contributed by atoms with Crippen LogP contribution in [0, 0.1) is 6.92 Å². The highest BCUT2D eigenvalue weighted by molar-refractivity contribution is 6.77. The second-order valence-corrected chi connectivity index (χ2v) is 18.6. The van der Waals surface area contributed by atoms with Gasteiger partial charge in [0.1, 0.15) is 7.05 Å². The summed E-state index contributed by atoms with van der Waals surface area (Å²) in [6.45, 7) is 7.58. The van der Waals surface area contributed by atoms with Crippen LogP contribution in [-0.4, -0.2) is 8.07 Å². The first-order valence-electron chi connectivity index (χ1n) is 15.0. The molecular formula is C34H46NSi+. The molecule has 1 nitrogen and oxygen atoms in total. The van der Waals surface area contributed by atoms with Crippen LogP contribution in [-0.2, 0) is 7.05 Å². The predicted octanol–water partition coefficient (Wildman–Crippen LogP) is 9.54. The van der Waals surface area contributed by atoms with Crippen molar-refractivity contribution in [3.05, 3.63) is 64.8 Å². The van der Waals surface area contributed by atoms with Crippen LogP contribution >= 0.6 is 0 Å². The fourth-order valence-electron chi connectivity index (χ4n) is 7.87. The molecule has 3 fully saturated rings. The van der Waals surface area contributed by atoms with Crippen molar-refractivity contribution >= 4 is 18.8 Å². The van der Waals surface area contributed by atoms with Gasteiger partial charge in [-0.3, -0.25) is 0 Å². The maximum atomic E-state index is 2.64. The summed E-state index contributed by atoms with van der Waals surface area (Å²) >= 11 is 0. The van der Waals surface area contributed by atoms with Crippen molar-refractivity contribution in [3.63, 3.8) is 0 Å². The van der Waals surface area contributed by atoms with Crippen LogP contribution < -0.4 is 4.57 Å². The summed E-state index contributed by atoms with van der Waals surface area (Å²) in [5, 5.41) is 2.86. The van der Waals surface area contributed by atoms with E-state index in [2.05, 4.69) is 74.2 Å². The van der Waals surface area contributed by atoms with E-state index in [-0.39, 0.29) is 0 Å². The van der Waals surface area contributed by atoms with Crippen LogP contribution in [0.25, 0.3) is 22.0 Å². The van der Waals surface area contributed by atoms with Gasteiger partial charge in [-0.05, 0) is 103 Å². The zero-order chi connectivity index (χ0) is 24.9. The van der Waals surface area contributed by atoms with Crippen molar-refractivity contribution in [2.75, 3.05) is 0 Å². The Morgan fingerprint density at radius 1 is 0.722 bits per heavy atom. The average molecular weight is 497 g/mol. The molecular weight excluding hydrogens is 450 g/mol. The Hall–Kier alpha value is -1.93. The normalized spacial score (nSPS) is 21.6. The second-order valence-electron chi connectivity index (χ2n) is 13.3. The minimum absolute atomic E-state index is 0.758. The molecule has 2 heteroatoms. The van der Waals surface area contributed by atoms with Gasteiger partial charge >= 0.3 is 0 Å². The van der Waals surface area contributed by atoms with Gasteiger partial charge in [-0.1, -0.05) is 69.1 Å². The van der Waals surface area contributed by atoms with Crippen LogP contribution in [0.1, 0.15) is 104 Å². The first-order chi connectivity index (χ1) is 17.4. The molecule has 0 atom stereocenters. The number of hydrogen-bond acceptors (Lipinski definition) is 0. The Balaban J connectivity index is 1.45. The van der Waals surface area contributed by atoms with Crippen molar-refractivity contribution in [1.82, 2.24) is 0 Å². The molecule has 3 aliphatic rings. The lowest BCUT2D eigenvalue weighted by Gasteiger charge is -2.33. The average Bonchev–Trinajstić information content (AvgIpc) is 3.59. The quantitative estimate of drug-likeness (QED) is 0.250. The van der Waals surface area contributed by atoms with Crippen LogP contribution in [0.3, 0.4) is 0 Å². The van der Waals surface area contributed by atoms with E-state index in [4.69, 9.17) is 0 Å². The molecule has 1 aliphatic heterocycles. The van der Waals surface area contributed by atoms with Crippen molar-refractivity contribution in [3.8, 4) is 11.3 Å². The number of benzene rings is 2. The zero-order valence-electron chi connectivity index (χ0n) is 23.2. The first kappa shape index (κ1) is 24.4. The van der Waals surface area contributed by atoms with Crippen molar-refractivity contribution in [1.29, 1.82) is 0 Å². The topological polar surface area (TPSA) is 3.88 Å². The van der Waals surface area contributed by atoms with E-state index in [0.29, 0.717) is 0 Å². The lowest BCUT2D eigenvalue weighted by atomic mass is 9.83. The molecule has 0 spiro atoms. The second kappa shape index (κ2) is 9.75. The van der Waals surface area contributed by atoms with E-state index >= 15 is 0 Å². The minimum Gasteiger partial charge on any atom is -0.200 e. The largest absolute Gasteiger partial charge is 0.220 e. The lowest BCUT2D eigenvalue weighted by molar-refractivity contribution is -0.659. The number of aromatic nitrogens is 1. The van der Waals surface area contributed by atoms with Gasteiger partial charge in [0.25, 0.3) is 0 Å². The summed E-state index contributed by atoms with van der Waals surface area (Å²) in [6, 6.07) is 18.1. The highest BCUT2D eigenvalue weighted by Crippen LogP contribution is 2.44. The molecule has 1 aromatic heterocycles. The molecule has 0 bridgehead atoms. The molecule has 2 aromatic carbocycles. The van der Waals surface area contributed by atoms with Crippen LogP contribution in [0.2, 0.25) is 25.2 Å². The molecule has 1 saturated heterocycles. The number of aryl methyl sites for hydroxylation is 1. The molecule has 0 unspecified atom stereocenters. The van der Waals surface area contributed by atoms with E-state index in [9.17, 15) is 0 Å². The van der Waals surface area contributed by atoms with Gasteiger partial charge in [0.2, 0.25) is 5.69 Å². The van der Waals surface area contributed by atoms with Gasteiger partial charge in [-0.25, -0.2) is 4.57 Å². The van der Waals surface area contributed by atoms with Crippen molar-refractivity contribution < 1.29 is 4.57 Å². The van der Waals surface area contributed by atoms with Gasteiger partial charge < -0.3 is 0 Å². The number of fused-ring (bicyclic) bond motifs is 1. The summed E-state index contributed by atoms with van der Waals surface area (Å²) in [5.41, 5.74) is 9.32. The zero-order valence-corrected chi connectivity index (χ0v) is 24.2. The van der Waals surface area contributed by atoms with Crippen LogP contribution in [0.15, 0.2) is 42.6 Å². The minimum atomic E-state index is -0.923. The summed E-state index contributed by atoms with van der Waals surface area (Å²) in [6.07, 6.45) is 16.2. The lowest BCUT2D eigenvalue weighted by Crippen LogP contribution is -2.31. The summed E-state index contributed by atoms with van der Waals surface area (Å²) in [7, 11) is 1.33. The first-order valence-corrected chi connectivity index (χ1v) is 18.4. The highest BCUT2D eigenvalue weighted by Gasteiger charge is 2.30. The molecule has 0 radical (unpaired) electrons. The smallest absolute Gasteiger partial charge is 0.200 e. The Bertz CT molecular complexity index is 1250. The Kier molecular flexibility index (Phi) is 6.61. The summed E-state index contributed by atoms with van der Waals surface area (Å²) in [4.78, 5) is 0. The third-order valence-corrected chi connectivity index (χ3v) is 13.6. The van der Waals surface area contributed by atoms with E-state index in [0.717, 1.165) is 17.8 Å². The summed E-state index contributed by atoms with van der Waals surface area (Å²) < 4.78 is 2.40. The fourth-order valence-corrected chi connectivity index (χ4v) is 10.4. The molecule has 2 aliphatic carbocycles. The van der Waals surface area contributed by atoms with E-state index < -0.39 is 8.07 Å². The summed E-state index contributed by atoms with van der Waals surface area (Å²) in [5.74, 6) is 2.28. The number of hydrogen-bond donors (Lipinski definition) is 0. The number of rotatable bonds is 4. The maximum Gasteiger partial charge on any atom is 0.220 e. The SMILES string of the molecule is Cc1c(-c2c3ccc(C4CC[Si](C)(C)CC4)cc3cc[n+]2C)cc(C2CCCC2)cc1C1CCCC1. The predicted molar refractivity (Wildman–Crippen MR) is 157 cm³/mol. The maximum absolute atomic E-state index is 2.64. The molecule has 190 valence electrons. The standard InChI is InChI=1S/C34H46NSi/c1-24-32(27-11-7-8-12-27)22-30(25-9-5-6-10-25)23-33(24)34-31-14-13-28(21-29(31)15-18-35(34)2)26-16-19-36(3,4)20-17-26/h13-15,18,21-23,25-27H,5-12,16-17,19-20H2,1-4H3/q+1. The monoisotopic (exact) mass is 496 g/mol. The van der Waals surface area contributed by atoms with E-state index in [1.807, 2.05) is 0 Å². The van der Waals surface area contributed by atoms with Gasteiger partial charge in [-0.2, -0.15) is 0 Å². The fraction of sp³-hybridized carbons (Fsp3) is 0.559.